The molecule has 7 heteroatoms. The van der Waals surface area contributed by atoms with E-state index in [0.717, 1.165) is 25.1 Å². The lowest BCUT2D eigenvalue weighted by Crippen LogP contribution is -2.40. The Hall–Kier alpha value is -1.89. The summed E-state index contributed by atoms with van der Waals surface area (Å²) in [6.07, 6.45) is 2.14. The highest BCUT2D eigenvalue weighted by Gasteiger charge is 2.25. The van der Waals surface area contributed by atoms with E-state index in [9.17, 15) is 13.2 Å². The van der Waals surface area contributed by atoms with Gasteiger partial charge < -0.3 is 4.90 Å². The zero-order valence-electron chi connectivity index (χ0n) is 13.9. The second-order valence-electron chi connectivity index (χ2n) is 5.87. The van der Waals surface area contributed by atoms with Crippen LogP contribution in [0.1, 0.15) is 19.8 Å². The van der Waals surface area contributed by atoms with E-state index in [0.29, 0.717) is 5.02 Å². The maximum absolute atomic E-state index is 11.9. The van der Waals surface area contributed by atoms with E-state index in [1.54, 1.807) is 0 Å². The summed E-state index contributed by atoms with van der Waals surface area (Å²) >= 11 is 5.53. The molecule has 2 N–H and O–H groups in total. The van der Waals surface area contributed by atoms with Crippen LogP contribution in [0.15, 0.2) is 59.5 Å². The number of sulfonamides is 1. The topological polar surface area (TPSA) is 80.5 Å². The molecule has 0 spiro atoms. The van der Waals surface area contributed by atoms with Crippen molar-refractivity contribution in [3.63, 3.8) is 0 Å². The molecule has 3 rings (SSSR count). The van der Waals surface area contributed by atoms with E-state index in [2.05, 4.69) is 0 Å². The van der Waals surface area contributed by atoms with E-state index in [1.165, 1.54) is 24.3 Å². The lowest BCUT2D eigenvalue weighted by atomic mass is 9.99. The number of para-hydroxylation sites is 1. The van der Waals surface area contributed by atoms with Crippen molar-refractivity contribution in [3.8, 4) is 0 Å². The Morgan fingerprint density at radius 2 is 1.68 bits per heavy atom. The highest BCUT2D eigenvalue weighted by atomic mass is 35.5. The van der Waals surface area contributed by atoms with Gasteiger partial charge in [0.15, 0.2) is 0 Å². The maximum Gasteiger partial charge on any atom is 0.238 e. The third-order valence-electron chi connectivity index (χ3n) is 3.92. The number of rotatable bonds is 2. The van der Waals surface area contributed by atoms with Gasteiger partial charge in [-0.05, 0) is 49.2 Å². The van der Waals surface area contributed by atoms with Crippen molar-refractivity contribution in [1.82, 2.24) is 0 Å². The normalized spacial score (nSPS) is 17.6. The molecule has 1 aliphatic rings. The Morgan fingerprint density at radius 3 is 2.24 bits per heavy atom. The van der Waals surface area contributed by atoms with Gasteiger partial charge in [-0.3, -0.25) is 4.79 Å². The number of anilines is 1. The van der Waals surface area contributed by atoms with E-state index in [4.69, 9.17) is 16.7 Å². The summed E-state index contributed by atoms with van der Waals surface area (Å²) in [5, 5.41) is 5.32. The minimum atomic E-state index is -3.58. The molecule has 2 aromatic rings. The van der Waals surface area contributed by atoms with Crippen LogP contribution in [0.3, 0.4) is 0 Å². The smallest absolute Gasteiger partial charge is 0.238 e. The van der Waals surface area contributed by atoms with Gasteiger partial charge in [0.25, 0.3) is 0 Å². The molecular formula is C18H21ClN2O3S. The van der Waals surface area contributed by atoms with Gasteiger partial charge in [0.05, 0.1) is 4.90 Å². The molecular weight excluding hydrogens is 360 g/mol. The molecule has 5 nitrogen and oxygen atoms in total. The number of primary sulfonamides is 1. The Kier molecular flexibility index (Phi) is 6.58. The summed E-state index contributed by atoms with van der Waals surface area (Å²) in [6.45, 7) is 2.88. The molecule has 1 amide bonds. The van der Waals surface area contributed by atoms with Crippen molar-refractivity contribution < 1.29 is 13.2 Å². The first-order valence-corrected chi connectivity index (χ1v) is 9.86. The van der Waals surface area contributed by atoms with Gasteiger partial charge in [0.1, 0.15) is 0 Å². The minimum Gasteiger partial charge on any atom is -0.312 e. The standard InChI is InChI=1S/C12H15NO.C6H6ClNO2S/c1-10-6-5-9-13(12(10)14)11-7-3-2-4-8-11;7-5-1-3-6(4-2-5)11(8,9)10/h2-4,7-8,10H,5-6,9H2,1H3;1-4H,(H2,8,9,10). The largest absolute Gasteiger partial charge is 0.312 e. The first kappa shape index (κ1) is 19.4. The molecule has 1 unspecified atom stereocenters. The number of carbonyl (C=O) groups is 1. The summed E-state index contributed by atoms with van der Waals surface area (Å²) in [7, 11) is -3.58. The second-order valence-corrected chi connectivity index (χ2v) is 7.87. The van der Waals surface area contributed by atoms with Crippen LogP contribution in [0.4, 0.5) is 5.69 Å². The van der Waals surface area contributed by atoms with Gasteiger partial charge in [-0.1, -0.05) is 36.7 Å². The van der Waals surface area contributed by atoms with Crippen molar-refractivity contribution >= 4 is 33.2 Å². The van der Waals surface area contributed by atoms with Crippen LogP contribution in [0.25, 0.3) is 0 Å². The van der Waals surface area contributed by atoms with Crippen molar-refractivity contribution in [2.45, 2.75) is 24.7 Å². The molecule has 134 valence electrons. The van der Waals surface area contributed by atoms with Gasteiger partial charge >= 0.3 is 0 Å². The molecule has 1 heterocycles. The summed E-state index contributed by atoms with van der Waals surface area (Å²) in [5.74, 6) is 0.450. The lowest BCUT2D eigenvalue weighted by molar-refractivity contribution is -0.123. The fraction of sp³-hybridized carbons (Fsp3) is 0.278. The fourth-order valence-corrected chi connectivity index (χ4v) is 3.19. The van der Waals surface area contributed by atoms with E-state index in [1.807, 2.05) is 42.2 Å². The number of nitrogens with zero attached hydrogens (tertiary/aromatic N) is 1. The van der Waals surface area contributed by atoms with Crippen molar-refractivity contribution in [1.29, 1.82) is 0 Å². The van der Waals surface area contributed by atoms with Crippen LogP contribution in [-0.4, -0.2) is 20.9 Å². The number of benzene rings is 2. The van der Waals surface area contributed by atoms with E-state index < -0.39 is 10.0 Å². The van der Waals surface area contributed by atoms with Crippen LogP contribution in [-0.2, 0) is 14.8 Å². The average Bonchev–Trinajstić information content (AvgIpc) is 2.58. The minimum absolute atomic E-state index is 0.0712. The molecule has 2 aromatic carbocycles. The van der Waals surface area contributed by atoms with Gasteiger partial charge in [-0.2, -0.15) is 0 Å². The van der Waals surface area contributed by atoms with E-state index >= 15 is 0 Å². The van der Waals surface area contributed by atoms with Crippen molar-refractivity contribution in [2.75, 3.05) is 11.4 Å². The summed E-state index contributed by atoms with van der Waals surface area (Å²) in [6, 6.07) is 15.6. The van der Waals surface area contributed by atoms with Crippen molar-refractivity contribution in [2.24, 2.45) is 11.1 Å². The molecule has 0 aromatic heterocycles. The highest BCUT2D eigenvalue weighted by molar-refractivity contribution is 7.89. The van der Waals surface area contributed by atoms with E-state index in [-0.39, 0.29) is 16.7 Å². The number of piperidine rings is 1. The van der Waals surface area contributed by atoms with Gasteiger partial charge in [0.2, 0.25) is 15.9 Å². The molecule has 1 aliphatic heterocycles. The van der Waals surface area contributed by atoms with Gasteiger partial charge in [-0.25, -0.2) is 13.6 Å². The quantitative estimate of drug-likeness (QED) is 0.866. The number of halogens is 1. The fourth-order valence-electron chi connectivity index (χ4n) is 2.54. The number of carbonyl (C=O) groups excluding carboxylic acids is 1. The highest BCUT2D eigenvalue weighted by Crippen LogP contribution is 2.23. The first-order chi connectivity index (χ1) is 11.8. The molecule has 1 saturated heterocycles. The van der Waals surface area contributed by atoms with Crippen LogP contribution >= 0.6 is 11.6 Å². The predicted octanol–water partition coefficient (Wildman–Crippen LogP) is 3.44. The SMILES string of the molecule is CC1CCCN(c2ccccc2)C1=O.NS(=O)(=O)c1ccc(Cl)cc1. The molecule has 1 atom stereocenters. The van der Waals surface area contributed by atoms with Crippen molar-refractivity contribution in [3.05, 3.63) is 59.6 Å². The molecule has 1 fully saturated rings. The number of hydrogen-bond donors (Lipinski definition) is 1. The number of hydrogen-bond acceptors (Lipinski definition) is 3. The number of nitrogens with two attached hydrogens (primary N) is 1. The van der Waals surface area contributed by atoms with Crippen LogP contribution in [0.5, 0.6) is 0 Å². The second kappa shape index (κ2) is 8.47. The summed E-state index contributed by atoms with van der Waals surface area (Å²) < 4.78 is 21.4. The van der Waals surface area contributed by atoms with Crippen LogP contribution < -0.4 is 10.0 Å². The molecule has 0 radical (unpaired) electrons. The Morgan fingerprint density at radius 1 is 1.08 bits per heavy atom. The lowest BCUT2D eigenvalue weighted by Gasteiger charge is -2.30. The third-order valence-corrected chi connectivity index (χ3v) is 5.10. The molecule has 25 heavy (non-hydrogen) atoms. The number of amides is 1. The van der Waals surface area contributed by atoms with Crippen LogP contribution in [0, 0.1) is 5.92 Å². The molecule has 0 bridgehead atoms. The zero-order valence-corrected chi connectivity index (χ0v) is 15.5. The molecule has 0 aliphatic carbocycles. The first-order valence-electron chi connectivity index (χ1n) is 7.94. The zero-order chi connectivity index (χ0) is 18.4. The summed E-state index contributed by atoms with van der Waals surface area (Å²) in [5.41, 5.74) is 1.03. The average molecular weight is 381 g/mol. The van der Waals surface area contributed by atoms with Gasteiger partial charge in [0, 0.05) is 23.2 Å². The Bertz CT molecular complexity index is 808. The van der Waals surface area contributed by atoms with Gasteiger partial charge in [-0.15, -0.1) is 0 Å². The summed E-state index contributed by atoms with van der Waals surface area (Å²) in [4.78, 5) is 13.8. The third kappa shape index (κ3) is 5.56. The maximum atomic E-state index is 11.9. The molecule has 0 saturated carbocycles. The predicted molar refractivity (Wildman–Crippen MR) is 100 cm³/mol. The Labute approximate surface area is 153 Å². The van der Waals surface area contributed by atoms with Crippen LogP contribution in [0.2, 0.25) is 5.02 Å². The monoisotopic (exact) mass is 380 g/mol. The Balaban J connectivity index is 0.000000186.